The molecule has 1 aliphatic rings. The average molecular weight is 292 g/mol. The maximum Gasteiger partial charge on any atom is 0.183 e. The molecule has 0 bridgehead atoms. The second-order valence-electron chi connectivity index (χ2n) is 6.50. The van der Waals surface area contributed by atoms with Crippen LogP contribution in [0.1, 0.15) is 33.7 Å². The molecular weight excluding hydrogens is 274 g/mol. The van der Waals surface area contributed by atoms with E-state index in [0.717, 1.165) is 5.56 Å². The summed E-state index contributed by atoms with van der Waals surface area (Å²) in [5, 5.41) is 12.6. The topological polar surface area (TPSA) is 69.6 Å². The van der Waals surface area contributed by atoms with Crippen molar-refractivity contribution in [3.05, 3.63) is 23.2 Å². The average Bonchev–Trinajstić information content (AvgIpc) is 2.70. The number of nitrogens with zero attached hydrogens (tertiary/aromatic N) is 4. The number of aromatic nitrogens is 4. The highest BCUT2D eigenvalue weighted by molar-refractivity contribution is 6.35. The van der Waals surface area contributed by atoms with Gasteiger partial charge >= 0.3 is 0 Å². The van der Waals surface area contributed by atoms with Crippen LogP contribution in [0, 0.1) is 10.8 Å². The molecule has 0 aliphatic heterocycles. The highest BCUT2D eigenvalue weighted by Crippen LogP contribution is 2.71. The van der Waals surface area contributed by atoms with Crippen LogP contribution in [0.15, 0.2) is 18.2 Å². The molecule has 2 N–H and O–H groups in total. The highest BCUT2D eigenvalue weighted by Gasteiger charge is 2.67. The molecular formula is C14H18ClN5. The minimum atomic E-state index is 0.143. The van der Waals surface area contributed by atoms with Crippen molar-refractivity contribution in [2.24, 2.45) is 10.8 Å². The zero-order valence-corrected chi connectivity index (χ0v) is 12.8. The number of hydrogen-bond acceptors (Lipinski definition) is 4. The largest absolute Gasteiger partial charge is 0.398 e. The number of tetrazole rings is 1. The van der Waals surface area contributed by atoms with Gasteiger partial charge in [0, 0.05) is 5.56 Å². The minimum absolute atomic E-state index is 0.143. The van der Waals surface area contributed by atoms with Gasteiger partial charge < -0.3 is 5.73 Å². The third-order valence-corrected chi connectivity index (χ3v) is 5.37. The summed E-state index contributed by atoms with van der Waals surface area (Å²) in [6.07, 6.45) is 0. The highest BCUT2D eigenvalue weighted by atomic mass is 35.5. The van der Waals surface area contributed by atoms with Gasteiger partial charge in [-0.3, -0.25) is 0 Å². The Balaban J connectivity index is 2.11. The molecule has 5 nitrogen and oxygen atoms in total. The molecule has 1 aromatic carbocycles. The van der Waals surface area contributed by atoms with E-state index >= 15 is 0 Å². The van der Waals surface area contributed by atoms with Gasteiger partial charge in [-0.05, 0) is 33.4 Å². The second-order valence-corrected chi connectivity index (χ2v) is 6.88. The van der Waals surface area contributed by atoms with Gasteiger partial charge in [-0.25, -0.2) is 4.68 Å². The molecule has 3 rings (SSSR count). The van der Waals surface area contributed by atoms with E-state index < -0.39 is 0 Å². The SMILES string of the molecule is CC1(C)C(n2nnnc2-c2cccc(N)c2Cl)C1(C)C. The van der Waals surface area contributed by atoms with Crippen LogP contribution in [0.2, 0.25) is 5.02 Å². The third-order valence-electron chi connectivity index (χ3n) is 4.95. The summed E-state index contributed by atoms with van der Waals surface area (Å²) >= 11 is 6.29. The predicted molar refractivity (Wildman–Crippen MR) is 79.3 cm³/mol. The molecule has 1 fully saturated rings. The maximum absolute atomic E-state index is 6.29. The van der Waals surface area contributed by atoms with E-state index in [-0.39, 0.29) is 16.9 Å². The summed E-state index contributed by atoms with van der Waals surface area (Å²) < 4.78 is 1.88. The van der Waals surface area contributed by atoms with Crippen molar-refractivity contribution in [2.45, 2.75) is 33.7 Å². The van der Waals surface area contributed by atoms with Gasteiger partial charge in [-0.15, -0.1) is 5.10 Å². The summed E-state index contributed by atoms with van der Waals surface area (Å²) in [5.74, 6) is 0.672. The molecule has 2 aromatic rings. The Morgan fingerprint density at radius 1 is 1.20 bits per heavy atom. The Morgan fingerprint density at radius 2 is 1.85 bits per heavy atom. The molecule has 0 unspecified atom stereocenters. The van der Waals surface area contributed by atoms with E-state index in [1.54, 1.807) is 6.07 Å². The van der Waals surface area contributed by atoms with Gasteiger partial charge in [0.25, 0.3) is 0 Å². The Labute approximate surface area is 123 Å². The first kappa shape index (κ1) is 13.4. The quantitative estimate of drug-likeness (QED) is 0.863. The molecule has 20 heavy (non-hydrogen) atoms. The number of benzene rings is 1. The summed E-state index contributed by atoms with van der Waals surface area (Å²) in [6.45, 7) is 8.91. The van der Waals surface area contributed by atoms with Crippen molar-refractivity contribution >= 4 is 17.3 Å². The van der Waals surface area contributed by atoms with Gasteiger partial charge in [0.2, 0.25) is 0 Å². The molecule has 0 amide bonds. The van der Waals surface area contributed by atoms with Gasteiger partial charge in [0.15, 0.2) is 5.82 Å². The van der Waals surface area contributed by atoms with E-state index in [1.165, 1.54) is 0 Å². The fraction of sp³-hybridized carbons (Fsp3) is 0.500. The lowest BCUT2D eigenvalue weighted by atomic mass is 10.0. The van der Waals surface area contributed by atoms with Gasteiger partial charge in [0.1, 0.15) is 0 Å². The normalized spacial score (nSPS) is 20.1. The molecule has 6 heteroatoms. The van der Waals surface area contributed by atoms with Crippen LogP contribution in [0.5, 0.6) is 0 Å². The number of anilines is 1. The van der Waals surface area contributed by atoms with Crippen molar-refractivity contribution in [3.63, 3.8) is 0 Å². The van der Waals surface area contributed by atoms with Crippen LogP contribution in [0.25, 0.3) is 11.4 Å². The minimum Gasteiger partial charge on any atom is -0.398 e. The van der Waals surface area contributed by atoms with E-state index in [2.05, 4.69) is 43.2 Å². The standard InChI is InChI=1S/C14H18ClN5/c1-13(2)12(14(13,3)4)20-11(17-18-19-20)8-6-5-7-9(16)10(8)15/h5-7,12H,16H2,1-4H3. The molecule has 106 valence electrons. The molecule has 0 atom stereocenters. The molecule has 1 saturated carbocycles. The lowest BCUT2D eigenvalue weighted by molar-refractivity contribution is 0.457. The van der Waals surface area contributed by atoms with E-state index in [1.807, 2.05) is 16.8 Å². The molecule has 0 spiro atoms. The Bertz CT molecular complexity index is 660. The second kappa shape index (κ2) is 3.95. The first-order valence-electron chi connectivity index (χ1n) is 6.60. The van der Waals surface area contributed by atoms with Crippen LogP contribution in [-0.2, 0) is 0 Å². The molecule has 1 heterocycles. The number of nitrogens with two attached hydrogens (primary N) is 1. The molecule has 1 aliphatic carbocycles. The number of rotatable bonds is 2. The lowest BCUT2D eigenvalue weighted by Crippen LogP contribution is -2.06. The molecule has 0 radical (unpaired) electrons. The van der Waals surface area contributed by atoms with E-state index in [0.29, 0.717) is 16.5 Å². The van der Waals surface area contributed by atoms with Crippen LogP contribution in [0.4, 0.5) is 5.69 Å². The summed E-state index contributed by atoms with van der Waals surface area (Å²) in [5.41, 5.74) is 7.46. The Morgan fingerprint density at radius 3 is 2.45 bits per heavy atom. The van der Waals surface area contributed by atoms with Crippen molar-refractivity contribution in [1.82, 2.24) is 20.2 Å². The zero-order chi connectivity index (χ0) is 14.7. The summed E-state index contributed by atoms with van der Waals surface area (Å²) in [6, 6.07) is 5.77. The van der Waals surface area contributed by atoms with Crippen LogP contribution in [-0.4, -0.2) is 20.2 Å². The summed E-state index contributed by atoms with van der Waals surface area (Å²) in [7, 11) is 0. The van der Waals surface area contributed by atoms with Crippen LogP contribution >= 0.6 is 11.6 Å². The van der Waals surface area contributed by atoms with Gasteiger partial charge in [-0.1, -0.05) is 45.4 Å². The lowest BCUT2D eigenvalue weighted by Gasteiger charge is -2.09. The smallest absolute Gasteiger partial charge is 0.183 e. The third kappa shape index (κ3) is 1.59. The monoisotopic (exact) mass is 291 g/mol. The fourth-order valence-electron chi connectivity index (χ4n) is 3.04. The van der Waals surface area contributed by atoms with Crippen molar-refractivity contribution < 1.29 is 0 Å². The predicted octanol–water partition coefficient (Wildman–Crippen LogP) is 3.18. The van der Waals surface area contributed by atoms with Crippen molar-refractivity contribution in [3.8, 4) is 11.4 Å². The first-order valence-corrected chi connectivity index (χ1v) is 6.98. The van der Waals surface area contributed by atoms with Gasteiger partial charge in [-0.2, -0.15) is 0 Å². The summed E-state index contributed by atoms with van der Waals surface area (Å²) in [4.78, 5) is 0. The number of halogens is 1. The number of hydrogen-bond donors (Lipinski definition) is 1. The van der Waals surface area contributed by atoms with Crippen molar-refractivity contribution in [2.75, 3.05) is 5.73 Å². The Hall–Kier alpha value is -1.62. The Kier molecular flexibility index (Phi) is 2.64. The first-order chi connectivity index (χ1) is 9.28. The zero-order valence-electron chi connectivity index (χ0n) is 12.1. The maximum atomic E-state index is 6.29. The number of nitrogen functional groups attached to an aromatic ring is 1. The van der Waals surface area contributed by atoms with E-state index in [9.17, 15) is 0 Å². The molecule has 1 aromatic heterocycles. The van der Waals surface area contributed by atoms with Crippen LogP contribution in [0.3, 0.4) is 0 Å². The van der Waals surface area contributed by atoms with Crippen LogP contribution < -0.4 is 5.73 Å². The molecule has 0 saturated heterocycles. The van der Waals surface area contributed by atoms with Crippen molar-refractivity contribution in [1.29, 1.82) is 0 Å². The van der Waals surface area contributed by atoms with E-state index in [4.69, 9.17) is 17.3 Å². The van der Waals surface area contributed by atoms with Gasteiger partial charge in [0.05, 0.1) is 16.8 Å². The fourth-order valence-corrected chi connectivity index (χ4v) is 3.25.